The van der Waals surface area contributed by atoms with Gasteiger partial charge in [0.15, 0.2) is 10.5 Å². The summed E-state index contributed by atoms with van der Waals surface area (Å²) in [6.45, 7) is 3.68. The summed E-state index contributed by atoms with van der Waals surface area (Å²) in [6.07, 6.45) is 0.820. The van der Waals surface area contributed by atoms with Crippen LogP contribution in [0.5, 0.6) is 0 Å². The van der Waals surface area contributed by atoms with E-state index < -0.39 is 27.2 Å². The van der Waals surface area contributed by atoms with Crippen molar-refractivity contribution in [2.24, 2.45) is 5.73 Å². The third-order valence-corrected chi connectivity index (χ3v) is 3.17. The van der Waals surface area contributed by atoms with Crippen molar-refractivity contribution in [3.8, 4) is 0 Å². The molecule has 0 aromatic carbocycles. The second-order valence-corrected chi connectivity index (χ2v) is 4.33. The standard InChI is InChI=1S/C6H11NO4S/c1-3-5(8)6(2,4-7)12(9,10)11/h3H,1,4,7H2,2H3,(H,9,10,11). The molecule has 0 bridgehead atoms. The Morgan fingerprint density at radius 3 is 2.25 bits per heavy atom. The number of carbonyl (C=O) groups is 1. The van der Waals surface area contributed by atoms with Crippen LogP contribution in [0.3, 0.4) is 0 Å². The third-order valence-electron chi connectivity index (χ3n) is 1.67. The van der Waals surface area contributed by atoms with Crippen molar-refractivity contribution < 1.29 is 17.8 Å². The van der Waals surface area contributed by atoms with Gasteiger partial charge in [0, 0.05) is 6.54 Å². The van der Waals surface area contributed by atoms with Gasteiger partial charge < -0.3 is 5.73 Å². The summed E-state index contributed by atoms with van der Waals surface area (Å²) in [7, 11) is -4.47. The summed E-state index contributed by atoms with van der Waals surface area (Å²) in [5, 5.41) is 0. The summed E-state index contributed by atoms with van der Waals surface area (Å²) < 4.78 is 28.1. The number of carbonyl (C=O) groups excluding carboxylic acids is 1. The van der Waals surface area contributed by atoms with E-state index >= 15 is 0 Å². The lowest BCUT2D eigenvalue weighted by Gasteiger charge is -2.20. The lowest BCUT2D eigenvalue weighted by Crippen LogP contribution is -2.48. The molecule has 0 saturated heterocycles. The molecule has 0 rings (SSSR count). The van der Waals surface area contributed by atoms with Crippen molar-refractivity contribution in [3.05, 3.63) is 12.7 Å². The molecule has 70 valence electrons. The maximum Gasteiger partial charge on any atom is 0.279 e. The molecule has 0 aromatic rings. The van der Waals surface area contributed by atoms with E-state index in [4.69, 9.17) is 10.3 Å². The van der Waals surface area contributed by atoms with Crippen molar-refractivity contribution in [2.75, 3.05) is 6.54 Å². The molecule has 0 aliphatic carbocycles. The number of allylic oxidation sites excluding steroid dienone is 1. The zero-order valence-electron chi connectivity index (χ0n) is 6.65. The van der Waals surface area contributed by atoms with Crippen LogP contribution < -0.4 is 5.73 Å². The second kappa shape index (κ2) is 3.34. The first kappa shape index (κ1) is 11.3. The van der Waals surface area contributed by atoms with Crippen molar-refractivity contribution in [3.63, 3.8) is 0 Å². The van der Waals surface area contributed by atoms with E-state index in [1.807, 2.05) is 0 Å². The van der Waals surface area contributed by atoms with E-state index in [1.165, 1.54) is 0 Å². The quantitative estimate of drug-likeness (QED) is 0.456. The smallest absolute Gasteiger partial charge is 0.279 e. The van der Waals surface area contributed by atoms with Crippen LogP contribution in [0.1, 0.15) is 6.92 Å². The largest absolute Gasteiger partial charge is 0.328 e. The van der Waals surface area contributed by atoms with Crippen molar-refractivity contribution in [2.45, 2.75) is 11.7 Å². The zero-order valence-corrected chi connectivity index (χ0v) is 7.47. The van der Waals surface area contributed by atoms with E-state index in [9.17, 15) is 13.2 Å². The lowest BCUT2D eigenvalue weighted by molar-refractivity contribution is -0.116. The van der Waals surface area contributed by atoms with Gasteiger partial charge in [0.25, 0.3) is 10.1 Å². The van der Waals surface area contributed by atoms with E-state index in [2.05, 4.69) is 6.58 Å². The summed E-state index contributed by atoms with van der Waals surface area (Å²) >= 11 is 0. The summed E-state index contributed by atoms with van der Waals surface area (Å²) in [4.78, 5) is 11.0. The molecule has 0 spiro atoms. The van der Waals surface area contributed by atoms with Crippen molar-refractivity contribution in [1.29, 1.82) is 0 Å². The molecule has 0 heterocycles. The molecule has 0 amide bonds. The molecule has 0 saturated carbocycles. The molecule has 0 radical (unpaired) electrons. The molecule has 0 aromatic heterocycles. The third kappa shape index (κ3) is 1.71. The molecule has 0 aliphatic heterocycles. The van der Waals surface area contributed by atoms with Crippen LogP contribution >= 0.6 is 0 Å². The number of hydrogen-bond donors (Lipinski definition) is 2. The summed E-state index contributed by atoms with van der Waals surface area (Å²) in [5.74, 6) is -0.812. The molecule has 0 fully saturated rings. The van der Waals surface area contributed by atoms with Crippen LogP contribution in [0.15, 0.2) is 12.7 Å². The van der Waals surface area contributed by atoms with Gasteiger partial charge in [0.2, 0.25) is 0 Å². The Labute approximate surface area is 71.0 Å². The fraction of sp³-hybridized carbons (Fsp3) is 0.500. The zero-order chi connectivity index (χ0) is 9.99. The Kier molecular flexibility index (Phi) is 3.14. The van der Waals surface area contributed by atoms with Gasteiger partial charge in [-0.25, -0.2) is 0 Å². The highest BCUT2D eigenvalue weighted by Gasteiger charge is 2.42. The average Bonchev–Trinajstić information content (AvgIpc) is 1.99. The van der Waals surface area contributed by atoms with Crippen LogP contribution in [0.2, 0.25) is 0 Å². The second-order valence-electron chi connectivity index (χ2n) is 2.48. The molecule has 3 N–H and O–H groups in total. The summed E-state index contributed by atoms with van der Waals surface area (Å²) in [6, 6.07) is 0. The predicted octanol–water partition coefficient (Wildman–Crippen LogP) is -0.653. The van der Waals surface area contributed by atoms with Crippen LogP contribution in [0, 0.1) is 0 Å². The first-order valence-corrected chi connectivity index (χ1v) is 4.57. The minimum Gasteiger partial charge on any atom is -0.328 e. The minimum absolute atomic E-state index is 0.476. The van der Waals surface area contributed by atoms with Gasteiger partial charge in [0.1, 0.15) is 0 Å². The van der Waals surface area contributed by atoms with Crippen LogP contribution in [0.25, 0.3) is 0 Å². The fourth-order valence-electron chi connectivity index (χ4n) is 0.549. The maximum absolute atomic E-state index is 11.0. The first-order valence-electron chi connectivity index (χ1n) is 3.13. The number of rotatable bonds is 4. The SMILES string of the molecule is C=CC(=O)C(C)(CN)S(=O)(=O)O. The Bertz CT molecular complexity index is 295. The van der Waals surface area contributed by atoms with Crippen LogP contribution in [-0.4, -0.2) is 30.0 Å². The Hall–Kier alpha value is -0.720. The molecular formula is C6H11NO4S. The molecule has 6 heteroatoms. The molecule has 1 unspecified atom stereocenters. The molecule has 12 heavy (non-hydrogen) atoms. The highest BCUT2D eigenvalue weighted by Crippen LogP contribution is 2.15. The van der Waals surface area contributed by atoms with Gasteiger partial charge in [-0.2, -0.15) is 8.42 Å². The van der Waals surface area contributed by atoms with E-state index in [-0.39, 0.29) is 0 Å². The van der Waals surface area contributed by atoms with E-state index in [0.29, 0.717) is 0 Å². The lowest BCUT2D eigenvalue weighted by atomic mass is 10.1. The van der Waals surface area contributed by atoms with Gasteiger partial charge in [-0.1, -0.05) is 6.58 Å². The van der Waals surface area contributed by atoms with Gasteiger partial charge in [0.05, 0.1) is 0 Å². The van der Waals surface area contributed by atoms with Gasteiger partial charge in [-0.15, -0.1) is 0 Å². The van der Waals surface area contributed by atoms with Gasteiger partial charge in [-0.3, -0.25) is 9.35 Å². The monoisotopic (exact) mass is 193 g/mol. The normalized spacial score (nSPS) is 16.6. The Morgan fingerprint density at radius 1 is 1.75 bits per heavy atom. The Balaban J connectivity index is 5.22. The van der Waals surface area contributed by atoms with E-state index in [0.717, 1.165) is 13.0 Å². The number of hydrogen-bond acceptors (Lipinski definition) is 4. The van der Waals surface area contributed by atoms with Crippen LogP contribution in [-0.2, 0) is 14.9 Å². The molecular weight excluding hydrogens is 182 g/mol. The van der Waals surface area contributed by atoms with E-state index in [1.54, 1.807) is 0 Å². The maximum atomic E-state index is 11.0. The van der Waals surface area contributed by atoms with Crippen LogP contribution in [0.4, 0.5) is 0 Å². The molecule has 1 atom stereocenters. The molecule has 5 nitrogen and oxygen atoms in total. The highest BCUT2D eigenvalue weighted by molar-refractivity contribution is 7.88. The van der Waals surface area contributed by atoms with Crippen molar-refractivity contribution in [1.82, 2.24) is 0 Å². The predicted molar refractivity (Wildman–Crippen MR) is 44.2 cm³/mol. The fourth-order valence-corrected chi connectivity index (χ4v) is 1.10. The number of ketones is 1. The number of nitrogens with two attached hydrogens (primary N) is 1. The topological polar surface area (TPSA) is 97.5 Å². The van der Waals surface area contributed by atoms with Gasteiger partial charge >= 0.3 is 0 Å². The summed E-state index contributed by atoms with van der Waals surface area (Å²) in [5.41, 5.74) is 5.06. The minimum atomic E-state index is -4.47. The van der Waals surface area contributed by atoms with Crippen molar-refractivity contribution >= 4 is 15.9 Å². The average molecular weight is 193 g/mol. The van der Waals surface area contributed by atoms with Gasteiger partial charge in [-0.05, 0) is 13.0 Å². The Morgan fingerprint density at radius 2 is 2.17 bits per heavy atom. The molecule has 0 aliphatic rings. The first-order chi connectivity index (χ1) is 5.29. The highest BCUT2D eigenvalue weighted by atomic mass is 32.2.